The van der Waals surface area contributed by atoms with E-state index in [0.29, 0.717) is 34.8 Å². The molecule has 2 saturated heterocycles. The van der Waals surface area contributed by atoms with Crippen molar-refractivity contribution in [3.05, 3.63) is 46.5 Å². The fourth-order valence-corrected chi connectivity index (χ4v) is 4.98. The van der Waals surface area contributed by atoms with Gasteiger partial charge in [0, 0.05) is 25.0 Å². The second-order valence-corrected chi connectivity index (χ2v) is 9.44. The summed E-state index contributed by atoms with van der Waals surface area (Å²) in [5.74, 6) is 0.799. The molecule has 2 aliphatic rings. The average molecular weight is 520 g/mol. The van der Waals surface area contributed by atoms with Crippen molar-refractivity contribution in [2.75, 3.05) is 39.2 Å². The minimum atomic E-state index is -0.677. The van der Waals surface area contributed by atoms with E-state index in [1.165, 1.54) is 25.6 Å². The van der Waals surface area contributed by atoms with Crippen LogP contribution in [0.3, 0.4) is 0 Å². The maximum atomic E-state index is 14.6. The van der Waals surface area contributed by atoms with E-state index in [-0.39, 0.29) is 33.7 Å². The lowest BCUT2D eigenvalue weighted by Crippen LogP contribution is -2.59. The first-order chi connectivity index (χ1) is 16.9. The number of aromatic nitrogens is 2. The summed E-state index contributed by atoms with van der Waals surface area (Å²) in [6.07, 6.45) is 3.33. The average Bonchev–Trinajstić information content (AvgIpc) is 3.34. The Morgan fingerprint density at radius 3 is 2.86 bits per heavy atom. The third-order valence-electron chi connectivity index (χ3n) is 6.63. The quantitative estimate of drug-likeness (QED) is 0.479. The molecule has 0 bridgehead atoms. The number of halogens is 3. The van der Waals surface area contributed by atoms with Gasteiger partial charge in [-0.15, -0.1) is 0 Å². The Balaban J connectivity index is 1.40. The van der Waals surface area contributed by atoms with Gasteiger partial charge in [0.1, 0.15) is 18.8 Å². The molecule has 8 nitrogen and oxygen atoms in total. The Bertz CT molecular complexity index is 1290. The van der Waals surface area contributed by atoms with Gasteiger partial charge in [0.2, 0.25) is 5.91 Å². The smallest absolute Gasteiger partial charge is 0.240 e. The number of amides is 1. The molecule has 1 unspecified atom stereocenters. The van der Waals surface area contributed by atoms with E-state index in [1.807, 2.05) is 7.05 Å². The van der Waals surface area contributed by atoms with Gasteiger partial charge in [0.05, 0.1) is 40.4 Å². The highest BCUT2D eigenvalue weighted by molar-refractivity contribution is 6.42. The SMILES string of the molecule is COc1cc2c(Nc3ccc(Cl)c(Cl)c3F)ncnc2cc1OC[C@H]1CN2CCCC2C(=O)N1C. The summed E-state index contributed by atoms with van der Waals surface area (Å²) in [6.45, 7) is 2.03. The first kappa shape index (κ1) is 23.8. The van der Waals surface area contributed by atoms with Gasteiger partial charge in [-0.2, -0.15) is 0 Å². The molecule has 3 heterocycles. The number of carbonyl (C=O) groups is 1. The number of methoxy groups -OCH3 is 1. The molecule has 1 N–H and O–H groups in total. The summed E-state index contributed by atoms with van der Waals surface area (Å²) in [7, 11) is 3.37. The number of rotatable bonds is 6. The Morgan fingerprint density at radius 1 is 1.23 bits per heavy atom. The molecule has 0 saturated carbocycles. The lowest BCUT2D eigenvalue weighted by Gasteiger charge is -2.40. The number of carbonyl (C=O) groups excluding carboxylic acids is 1. The molecule has 0 spiro atoms. The molecule has 2 fully saturated rings. The molecule has 11 heteroatoms. The molecule has 3 aromatic rings. The van der Waals surface area contributed by atoms with Gasteiger partial charge in [-0.25, -0.2) is 14.4 Å². The summed E-state index contributed by atoms with van der Waals surface area (Å²) < 4.78 is 26.3. The molecule has 184 valence electrons. The summed E-state index contributed by atoms with van der Waals surface area (Å²) in [5.41, 5.74) is 0.704. The van der Waals surface area contributed by atoms with E-state index in [1.54, 1.807) is 17.0 Å². The van der Waals surface area contributed by atoms with E-state index >= 15 is 0 Å². The highest BCUT2D eigenvalue weighted by atomic mass is 35.5. The molecule has 2 atom stereocenters. The van der Waals surface area contributed by atoms with Crippen LogP contribution < -0.4 is 14.8 Å². The molecule has 1 amide bonds. The number of ether oxygens (including phenoxy) is 2. The molecule has 35 heavy (non-hydrogen) atoms. The predicted octanol–water partition coefficient (Wildman–Crippen LogP) is 4.51. The Labute approximate surface area is 211 Å². The van der Waals surface area contributed by atoms with E-state index in [2.05, 4.69) is 20.2 Å². The Morgan fingerprint density at radius 2 is 2.06 bits per heavy atom. The Kier molecular flexibility index (Phi) is 6.57. The predicted molar refractivity (Wildman–Crippen MR) is 132 cm³/mol. The standard InChI is InChI=1S/C24H24Cl2FN5O3/c1-31-13(10-32-7-3-4-18(32)24(31)33)11-35-20-9-17-14(8-19(20)34-2)23(29-12-28-17)30-16-6-5-15(25)21(26)22(16)27/h5-6,8-9,12-13,18H,3-4,7,10-11H2,1-2H3,(H,28,29,30)/t13-,18?/m1/s1. The van der Waals surface area contributed by atoms with Gasteiger partial charge in [-0.3, -0.25) is 9.69 Å². The molecular formula is C24H24Cl2FN5O3. The minimum absolute atomic E-state index is 0.00515. The highest BCUT2D eigenvalue weighted by Gasteiger charge is 2.41. The van der Waals surface area contributed by atoms with Crippen molar-refractivity contribution in [2.24, 2.45) is 0 Å². The van der Waals surface area contributed by atoms with Crippen LogP contribution >= 0.6 is 23.2 Å². The summed E-state index contributed by atoms with van der Waals surface area (Å²) in [6, 6.07) is 6.39. The van der Waals surface area contributed by atoms with Gasteiger partial charge in [0.15, 0.2) is 17.3 Å². The van der Waals surface area contributed by atoms with Crippen molar-refractivity contribution in [2.45, 2.75) is 24.9 Å². The van der Waals surface area contributed by atoms with Crippen molar-refractivity contribution >= 4 is 51.5 Å². The molecule has 0 aliphatic carbocycles. The van der Waals surface area contributed by atoms with Gasteiger partial charge in [0.25, 0.3) is 0 Å². The van der Waals surface area contributed by atoms with Crippen molar-refractivity contribution < 1.29 is 18.7 Å². The Hall–Kier alpha value is -2.88. The second-order valence-electron chi connectivity index (χ2n) is 8.66. The second kappa shape index (κ2) is 9.64. The first-order valence-electron chi connectivity index (χ1n) is 11.2. The van der Waals surface area contributed by atoms with Crippen LogP contribution in [-0.4, -0.2) is 71.6 Å². The zero-order valence-corrected chi connectivity index (χ0v) is 20.7. The maximum absolute atomic E-state index is 14.6. The number of fused-ring (bicyclic) bond motifs is 2. The van der Waals surface area contributed by atoms with Crippen molar-refractivity contribution in [3.63, 3.8) is 0 Å². The zero-order valence-electron chi connectivity index (χ0n) is 19.2. The molecular weight excluding hydrogens is 496 g/mol. The minimum Gasteiger partial charge on any atom is -0.493 e. The summed E-state index contributed by atoms with van der Waals surface area (Å²) in [4.78, 5) is 25.3. The number of nitrogens with one attached hydrogen (secondary N) is 1. The van der Waals surface area contributed by atoms with Crippen LogP contribution in [0, 0.1) is 5.82 Å². The molecule has 2 aromatic carbocycles. The van der Waals surface area contributed by atoms with E-state index in [0.717, 1.165) is 25.9 Å². The lowest BCUT2D eigenvalue weighted by molar-refractivity contribution is -0.143. The van der Waals surface area contributed by atoms with E-state index < -0.39 is 5.82 Å². The molecule has 1 aromatic heterocycles. The van der Waals surface area contributed by atoms with Crippen LogP contribution in [0.15, 0.2) is 30.6 Å². The summed E-state index contributed by atoms with van der Waals surface area (Å²) in [5, 5.41) is 3.51. The summed E-state index contributed by atoms with van der Waals surface area (Å²) >= 11 is 11.8. The third kappa shape index (κ3) is 4.44. The number of likely N-dealkylation sites (N-methyl/N-ethyl adjacent to an activating group) is 1. The normalized spacial score (nSPS) is 20.3. The highest BCUT2D eigenvalue weighted by Crippen LogP contribution is 2.37. The van der Waals surface area contributed by atoms with Crippen molar-refractivity contribution in [1.82, 2.24) is 19.8 Å². The fraction of sp³-hybridized carbons (Fsp3) is 0.375. The van der Waals surface area contributed by atoms with Crippen LogP contribution in [0.5, 0.6) is 11.5 Å². The number of benzene rings is 2. The number of hydrogen-bond acceptors (Lipinski definition) is 7. The third-order valence-corrected chi connectivity index (χ3v) is 7.41. The first-order valence-corrected chi connectivity index (χ1v) is 12.0. The van der Waals surface area contributed by atoms with Crippen molar-refractivity contribution in [3.8, 4) is 11.5 Å². The van der Waals surface area contributed by atoms with Gasteiger partial charge < -0.3 is 19.7 Å². The van der Waals surface area contributed by atoms with Gasteiger partial charge in [-0.05, 0) is 37.6 Å². The number of anilines is 2. The zero-order chi connectivity index (χ0) is 24.7. The van der Waals surface area contributed by atoms with E-state index in [4.69, 9.17) is 32.7 Å². The van der Waals surface area contributed by atoms with E-state index in [9.17, 15) is 9.18 Å². The number of hydrogen-bond donors (Lipinski definition) is 1. The molecule has 2 aliphatic heterocycles. The lowest BCUT2D eigenvalue weighted by atomic mass is 10.1. The molecule has 0 radical (unpaired) electrons. The van der Waals surface area contributed by atoms with Crippen LogP contribution in [0.2, 0.25) is 10.0 Å². The fourth-order valence-electron chi connectivity index (χ4n) is 4.67. The topological polar surface area (TPSA) is 79.8 Å². The van der Waals surface area contributed by atoms with Gasteiger partial charge in [-0.1, -0.05) is 23.2 Å². The molecule has 5 rings (SSSR count). The van der Waals surface area contributed by atoms with Gasteiger partial charge >= 0.3 is 0 Å². The largest absolute Gasteiger partial charge is 0.493 e. The van der Waals surface area contributed by atoms with Crippen LogP contribution in [0.4, 0.5) is 15.9 Å². The maximum Gasteiger partial charge on any atom is 0.240 e. The number of piperazine rings is 1. The monoisotopic (exact) mass is 519 g/mol. The van der Waals surface area contributed by atoms with Crippen LogP contribution in [0.25, 0.3) is 10.9 Å². The van der Waals surface area contributed by atoms with Crippen LogP contribution in [-0.2, 0) is 4.79 Å². The van der Waals surface area contributed by atoms with Crippen LogP contribution in [0.1, 0.15) is 12.8 Å². The van der Waals surface area contributed by atoms with Crippen molar-refractivity contribution in [1.29, 1.82) is 0 Å². The number of nitrogens with zero attached hydrogens (tertiary/aromatic N) is 4.